The number of ether oxygens (including phenoxy) is 1. The summed E-state index contributed by atoms with van der Waals surface area (Å²) in [5.74, 6) is -1.43. The van der Waals surface area contributed by atoms with Crippen molar-refractivity contribution in [2.75, 3.05) is 18.1 Å². The van der Waals surface area contributed by atoms with Crippen molar-refractivity contribution in [2.24, 2.45) is 5.92 Å². The lowest BCUT2D eigenvalue weighted by Crippen LogP contribution is -2.39. The molecule has 1 atom stereocenters. The van der Waals surface area contributed by atoms with Gasteiger partial charge in [0.2, 0.25) is 5.91 Å². The van der Waals surface area contributed by atoms with E-state index < -0.39 is 11.9 Å². The van der Waals surface area contributed by atoms with Crippen molar-refractivity contribution in [3.8, 4) is 0 Å². The molecule has 3 rings (SSSR count). The first-order valence-corrected chi connectivity index (χ1v) is 10.2. The molecule has 0 N–H and O–H groups in total. The molecule has 30 heavy (non-hydrogen) atoms. The highest BCUT2D eigenvalue weighted by Crippen LogP contribution is 2.26. The standard InChI is InChI=1S/C24H28N2O4/c1-17(2)25(14-19-7-5-4-6-8-19)23(28)16-30-24(29)20-13-22(27)26(15-20)21-11-9-18(3)10-12-21/h4-12,17,20H,13-16H2,1-3H3. The van der Waals surface area contributed by atoms with Crippen molar-refractivity contribution in [3.05, 3.63) is 65.7 Å². The Morgan fingerprint density at radius 3 is 2.40 bits per heavy atom. The molecule has 2 aromatic rings. The highest BCUT2D eigenvalue weighted by atomic mass is 16.5. The molecule has 1 aliphatic heterocycles. The van der Waals surface area contributed by atoms with Gasteiger partial charge in [-0.2, -0.15) is 0 Å². The normalized spacial score (nSPS) is 16.1. The zero-order chi connectivity index (χ0) is 21.7. The van der Waals surface area contributed by atoms with E-state index in [4.69, 9.17) is 4.74 Å². The Balaban J connectivity index is 1.55. The summed E-state index contributed by atoms with van der Waals surface area (Å²) in [6, 6.07) is 17.3. The van der Waals surface area contributed by atoms with Crippen LogP contribution >= 0.6 is 0 Å². The number of carbonyl (C=O) groups is 3. The fourth-order valence-corrected chi connectivity index (χ4v) is 3.51. The molecule has 0 aromatic heterocycles. The quantitative estimate of drug-likeness (QED) is 0.659. The maximum Gasteiger partial charge on any atom is 0.311 e. The average molecular weight is 408 g/mol. The molecule has 158 valence electrons. The highest BCUT2D eigenvalue weighted by molar-refractivity contribution is 5.99. The summed E-state index contributed by atoms with van der Waals surface area (Å²) >= 11 is 0. The van der Waals surface area contributed by atoms with Crippen LogP contribution in [-0.2, 0) is 25.7 Å². The third-order valence-electron chi connectivity index (χ3n) is 5.28. The van der Waals surface area contributed by atoms with Gasteiger partial charge in [0.1, 0.15) is 0 Å². The number of hydrogen-bond donors (Lipinski definition) is 0. The van der Waals surface area contributed by atoms with Gasteiger partial charge in [0.25, 0.3) is 5.91 Å². The van der Waals surface area contributed by atoms with Gasteiger partial charge in [0.05, 0.1) is 5.92 Å². The molecule has 0 aliphatic carbocycles. The van der Waals surface area contributed by atoms with Crippen LogP contribution in [0.25, 0.3) is 0 Å². The van der Waals surface area contributed by atoms with Gasteiger partial charge >= 0.3 is 5.97 Å². The van der Waals surface area contributed by atoms with Crippen molar-refractivity contribution in [1.82, 2.24) is 4.90 Å². The van der Waals surface area contributed by atoms with E-state index in [0.717, 1.165) is 16.8 Å². The van der Waals surface area contributed by atoms with Crippen LogP contribution in [0.1, 0.15) is 31.4 Å². The van der Waals surface area contributed by atoms with Gasteiger partial charge in [-0.25, -0.2) is 0 Å². The van der Waals surface area contributed by atoms with Crippen molar-refractivity contribution < 1.29 is 19.1 Å². The third kappa shape index (κ3) is 5.26. The zero-order valence-corrected chi connectivity index (χ0v) is 17.7. The van der Waals surface area contributed by atoms with Crippen LogP contribution in [0, 0.1) is 12.8 Å². The van der Waals surface area contributed by atoms with Crippen LogP contribution in [-0.4, -0.2) is 41.9 Å². The lowest BCUT2D eigenvalue weighted by atomic mass is 10.1. The van der Waals surface area contributed by atoms with Crippen LogP contribution < -0.4 is 4.90 Å². The molecule has 2 amide bonds. The predicted molar refractivity (Wildman–Crippen MR) is 115 cm³/mol. The van der Waals surface area contributed by atoms with Crippen molar-refractivity contribution in [1.29, 1.82) is 0 Å². The van der Waals surface area contributed by atoms with Crippen LogP contribution in [0.3, 0.4) is 0 Å². The maximum atomic E-state index is 12.7. The minimum atomic E-state index is -0.562. The average Bonchev–Trinajstić information content (AvgIpc) is 3.13. The molecule has 0 spiro atoms. The summed E-state index contributed by atoms with van der Waals surface area (Å²) in [5.41, 5.74) is 2.89. The lowest BCUT2D eigenvalue weighted by molar-refractivity contribution is -0.156. The predicted octanol–water partition coefficient (Wildman–Crippen LogP) is 3.33. The van der Waals surface area contributed by atoms with E-state index in [9.17, 15) is 14.4 Å². The van der Waals surface area contributed by atoms with E-state index in [2.05, 4.69) is 0 Å². The molecule has 2 aromatic carbocycles. The molecule has 1 saturated heterocycles. The molecular formula is C24H28N2O4. The first-order chi connectivity index (χ1) is 14.3. The van der Waals surface area contributed by atoms with E-state index in [1.165, 1.54) is 0 Å². The summed E-state index contributed by atoms with van der Waals surface area (Å²) in [5, 5.41) is 0. The summed E-state index contributed by atoms with van der Waals surface area (Å²) in [4.78, 5) is 40.8. The van der Waals surface area contributed by atoms with Gasteiger partial charge in [0.15, 0.2) is 6.61 Å². The molecule has 1 fully saturated rings. The van der Waals surface area contributed by atoms with Gasteiger partial charge < -0.3 is 14.5 Å². The van der Waals surface area contributed by atoms with Gasteiger partial charge in [-0.15, -0.1) is 0 Å². The Morgan fingerprint density at radius 2 is 1.77 bits per heavy atom. The van der Waals surface area contributed by atoms with Crippen molar-refractivity contribution in [2.45, 2.75) is 39.8 Å². The van der Waals surface area contributed by atoms with Crippen LogP contribution in [0.4, 0.5) is 5.69 Å². The largest absolute Gasteiger partial charge is 0.455 e. The minimum Gasteiger partial charge on any atom is -0.455 e. The molecule has 1 aliphatic rings. The molecular weight excluding hydrogens is 380 g/mol. The number of esters is 1. The monoisotopic (exact) mass is 408 g/mol. The number of hydrogen-bond acceptors (Lipinski definition) is 4. The van der Waals surface area contributed by atoms with Gasteiger partial charge in [-0.3, -0.25) is 14.4 Å². The Hall–Kier alpha value is -3.15. The second-order valence-electron chi connectivity index (χ2n) is 7.95. The Morgan fingerprint density at radius 1 is 1.10 bits per heavy atom. The SMILES string of the molecule is Cc1ccc(N2CC(C(=O)OCC(=O)N(Cc3ccccc3)C(C)C)CC2=O)cc1. The summed E-state index contributed by atoms with van der Waals surface area (Å²) in [6.45, 7) is 6.24. The van der Waals surface area contributed by atoms with Crippen LogP contribution in [0.15, 0.2) is 54.6 Å². The lowest BCUT2D eigenvalue weighted by Gasteiger charge is -2.27. The highest BCUT2D eigenvalue weighted by Gasteiger charge is 2.36. The van der Waals surface area contributed by atoms with Crippen molar-refractivity contribution in [3.63, 3.8) is 0 Å². The van der Waals surface area contributed by atoms with E-state index in [0.29, 0.717) is 6.54 Å². The first kappa shape index (κ1) is 21.6. The maximum absolute atomic E-state index is 12.7. The number of amides is 2. The van der Waals surface area contributed by atoms with E-state index in [1.807, 2.05) is 75.4 Å². The summed E-state index contributed by atoms with van der Waals surface area (Å²) in [6.07, 6.45) is 0.0960. The topological polar surface area (TPSA) is 66.9 Å². The molecule has 1 unspecified atom stereocenters. The van der Waals surface area contributed by atoms with E-state index in [-0.39, 0.29) is 37.4 Å². The third-order valence-corrected chi connectivity index (χ3v) is 5.28. The van der Waals surface area contributed by atoms with E-state index in [1.54, 1.807) is 9.80 Å². The Bertz CT molecular complexity index is 893. The molecule has 1 heterocycles. The van der Waals surface area contributed by atoms with Crippen LogP contribution in [0.2, 0.25) is 0 Å². The Kier molecular flexibility index (Phi) is 6.87. The second-order valence-corrected chi connectivity index (χ2v) is 7.95. The van der Waals surface area contributed by atoms with Crippen LogP contribution in [0.5, 0.6) is 0 Å². The first-order valence-electron chi connectivity index (χ1n) is 10.2. The molecule has 6 heteroatoms. The number of anilines is 1. The van der Waals surface area contributed by atoms with E-state index >= 15 is 0 Å². The smallest absolute Gasteiger partial charge is 0.311 e. The minimum absolute atomic E-state index is 0.0264. The molecule has 6 nitrogen and oxygen atoms in total. The van der Waals surface area contributed by atoms with Crippen molar-refractivity contribution >= 4 is 23.5 Å². The number of aryl methyl sites for hydroxylation is 1. The summed E-state index contributed by atoms with van der Waals surface area (Å²) in [7, 11) is 0. The number of carbonyl (C=O) groups excluding carboxylic acids is 3. The van der Waals surface area contributed by atoms with Gasteiger partial charge in [-0.1, -0.05) is 48.0 Å². The number of rotatable bonds is 7. The Labute approximate surface area is 177 Å². The summed E-state index contributed by atoms with van der Waals surface area (Å²) < 4.78 is 5.30. The van der Waals surface area contributed by atoms with Gasteiger partial charge in [-0.05, 0) is 38.5 Å². The fraction of sp³-hybridized carbons (Fsp3) is 0.375. The molecule has 0 radical (unpaired) electrons. The molecule has 0 saturated carbocycles. The number of benzene rings is 2. The van der Waals surface area contributed by atoms with Gasteiger partial charge in [0, 0.05) is 31.2 Å². The fourth-order valence-electron chi connectivity index (χ4n) is 3.51. The molecule has 0 bridgehead atoms. The number of nitrogens with zero attached hydrogens (tertiary/aromatic N) is 2. The second kappa shape index (κ2) is 9.57. The zero-order valence-electron chi connectivity index (χ0n) is 17.7.